The standard InChI is InChI=1S/C19H23NO5/c1-3-23-12-13-24-18-7-5-4-6-17(18)20-19(21)14-25-16-10-8-15(22-2)9-11-16/h4-11H,3,12-14H2,1-2H3,(H,20,21). The van der Waals surface area contributed by atoms with Crippen molar-refractivity contribution < 1.29 is 23.7 Å². The Labute approximate surface area is 147 Å². The molecule has 0 aliphatic carbocycles. The van der Waals surface area contributed by atoms with E-state index in [9.17, 15) is 4.79 Å². The average Bonchev–Trinajstić information content (AvgIpc) is 2.65. The summed E-state index contributed by atoms with van der Waals surface area (Å²) in [6, 6.07) is 14.3. The van der Waals surface area contributed by atoms with Crippen LogP contribution in [0.3, 0.4) is 0 Å². The summed E-state index contributed by atoms with van der Waals surface area (Å²) in [7, 11) is 1.59. The van der Waals surface area contributed by atoms with Crippen LogP contribution in [0.1, 0.15) is 6.92 Å². The van der Waals surface area contributed by atoms with E-state index in [0.29, 0.717) is 37.0 Å². The lowest BCUT2D eigenvalue weighted by Gasteiger charge is -2.13. The molecular weight excluding hydrogens is 322 g/mol. The fourth-order valence-corrected chi connectivity index (χ4v) is 2.06. The van der Waals surface area contributed by atoms with E-state index < -0.39 is 0 Å². The molecule has 134 valence electrons. The molecule has 2 rings (SSSR count). The van der Waals surface area contributed by atoms with Crippen LogP contribution in [0.15, 0.2) is 48.5 Å². The van der Waals surface area contributed by atoms with Crippen LogP contribution in [0.2, 0.25) is 0 Å². The summed E-state index contributed by atoms with van der Waals surface area (Å²) in [6.45, 7) is 3.39. The number of methoxy groups -OCH3 is 1. The van der Waals surface area contributed by atoms with E-state index >= 15 is 0 Å². The number of nitrogens with one attached hydrogen (secondary N) is 1. The van der Waals surface area contributed by atoms with E-state index in [-0.39, 0.29) is 12.5 Å². The second-order valence-electron chi connectivity index (χ2n) is 5.05. The quantitative estimate of drug-likeness (QED) is 0.670. The minimum atomic E-state index is -0.267. The van der Waals surface area contributed by atoms with Crippen molar-refractivity contribution in [3.8, 4) is 17.2 Å². The van der Waals surface area contributed by atoms with Crippen molar-refractivity contribution in [1.82, 2.24) is 0 Å². The predicted octanol–water partition coefficient (Wildman–Crippen LogP) is 3.13. The number of carbonyl (C=O) groups excluding carboxylic acids is 1. The molecule has 0 fully saturated rings. The molecule has 6 nitrogen and oxygen atoms in total. The van der Waals surface area contributed by atoms with E-state index in [1.54, 1.807) is 43.5 Å². The minimum Gasteiger partial charge on any atom is -0.497 e. The van der Waals surface area contributed by atoms with Gasteiger partial charge in [-0.05, 0) is 43.3 Å². The fourth-order valence-electron chi connectivity index (χ4n) is 2.06. The zero-order valence-electron chi connectivity index (χ0n) is 14.5. The number of rotatable bonds is 10. The average molecular weight is 345 g/mol. The van der Waals surface area contributed by atoms with Crippen LogP contribution >= 0.6 is 0 Å². The number of hydrogen-bond acceptors (Lipinski definition) is 5. The Morgan fingerprint density at radius 3 is 2.40 bits per heavy atom. The molecule has 0 radical (unpaired) electrons. The van der Waals surface area contributed by atoms with Crippen molar-refractivity contribution >= 4 is 11.6 Å². The van der Waals surface area contributed by atoms with Gasteiger partial charge in [0.1, 0.15) is 23.9 Å². The molecule has 0 saturated heterocycles. The molecule has 0 spiro atoms. The Bertz CT molecular complexity index is 657. The van der Waals surface area contributed by atoms with Crippen molar-refractivity contribution in [2.24, 2.45) is 0 Å². The lowest BCUT2D eigenvalue weighted by molar-refractivity contribution is -0.118. The molecule has 0 aliphatic rings. The molecule has 0 aromatic heterocycles. The number of anilines is 1. The van der Waals surface area contributed by atoms with Gasteiger partial charge >= 0.3 is 0 Å². The molecule has 0 unspecified atom stereocenters. The summed E-state index contributed by atoms with van der Waals surface area (Å²) >= 11 is 0. The molecular formula is C19H23NO5. The van der Waals surface area contributed by atoms with Gasteiger partial charge in [-0.2, -0.15) is 0 Å². The number of ether oxygens (including phenoxy) is 4. The van der Waals surface area contributed by atoms with Gasteiger partial charge in [0.15, 0.2) is 6.61 Å². The molecule has 0 atom stereocenters. The molecule has 0 saturated carbocycles. The van der Waals surface area contributed by atoms with E-state index in [0.717, 1.165) is 5.75 Å². The van der Waals surface area contributed by atoms with Gasteiger partial charge in [0.05, 0.1) is 19.4 Å². The predicted molar refractivity (Wildman–Crippen MR) is 95.5 cm³/mol. The van der Waals surface area contributed by atoms with Crippen LogP contribution in [0.25, 0.3) is 0 Å². The maximum Gasteiger partial charge on any atom is 0.262 e. The summed E-state index contributed by atoms with van der Waals surface area (Å²) in [4.78, 5) is 12.1. The molecule has 2 aromatic carbocycles. The lowest BCUT2D eigenvalue weighted by Crippen LogP contribution is -2.20. The SMILES string of the molecule is CCOCCOc1ccccc1NC(=O)COc1ccc(OC)cc1. The summed E-state index contributed by atoms with van der Waals surface area (Å²) in [6.07, 6.45) is 0. The number of carbonyl (C=O) groups is 1. The Balaban J connectivity index is 1.84. The molecule has 0 bridgehead atoms. The van der Waals surface area contributed by atoms with Gasteiger partial charge in [-0.3, -0.25) is 4.79 Å². The minimum absolute atomic E-state index is 0.0976. The normalized spacial score (nSPS) is 10.2. The number of hydrogen-bond donors (Lipinski definition) is 1. The smallest absolute Gasteiger partial charge is 0.262 e. The van der Waals surface area contributed by atoms with Gasteiger partial charge in [0.25, 0.3) is 5.91 Å². The Morgan fingerprint density at radius 1 is 0.960 bits per heavy atom. The number of para-hydroxylation sites is 2. The highest BCUT2D eigenvalue weighted by atomic mass is 16.5. The third-order valence-electron chi connectivity index (χ3n) is 3.28. The first-order valence-electron chi connectivity index (χ1n) is 8.09. The van der Waals surface area contributed by atoms with Crippen molar-refractivity contribution in [1.29, 1.82) is 0 Å². The van der Waals surface area contributed by atoms with Gasteiger partial charge in [-0.15, -0.1) is 0 Å². The zero-order chi connectivity index (χ0) is 17.9. The van der Waals surface area contributed by atoms with Crippen LogP contribution in [0.5, 0.6) is 17.2 Å². The first-order chi connectivity index (χ1) is 12.2. The molecule has 2 aromatic rings. The monoisotopic (exact) mass is 345 g/mol. The van der Waals surface area contributed by atoms with Crippen LogP contribution in [0, 0.1) is 0 Å². The lowest BCUT2D eigenvalue weighted by atomic mass is 10.3. The Morgan fingerprint density at radius 2 is 1.68 bits per heavy atom. The van der Waals surface area contributed by atoms with Gasteiger partial charge in [0.2, 0.25) is 0 Å². The van der Waals surface area contributed by atoms with Crippen LogP contribution in [-0.4, -0.2) is 39.4 Å². The highest BCUT2D eigenvalue weighted by Crippen LogP contribution is 2.23. The summed E-state index contributed by atoms with van der Waals surface area (Å²) in [5.41, 5.74) is 0.599. The first-order valence-corrected chi connectivity index (χ1v) is 8.09. The van der Waals surface area contributed by atoms with Crippen molar-refractivity contribution in [2.45, 2.75) is 6.92 Å². The first kappa shape index (κ1) is 18.6. The molecule has 6 heteroatoms. The topological polar surface area (TPSA) is 66.0 Å². The van der Waals surface area contributed by atoms with E-state index in [1.807, 2.05) is 19.1 Å². The Kier molecular flexibility index (Phi) is 7.59. The molecule has 0 aliphatic heterocycles. The highest BCUT2D eigenvalue weighted by Gasteiger charge is 2.08. The largest absolute Gasteiger partial charge is 0.497 e. The van der Waals surface area contributed by atoms with Crippen molar-refractivity contribution in [2.75, 3.05) is 38.9 Å². The summed E-state index contributed by atoms with van der Waals surface area (Å²) in [5, 5.41) is 2.79. The maximum atomic E-state index is 12.1. The van der Waals surface area contributed by atoms with Gasteiger partial charge in [-0.25, -0.2) is 0 Å². The number of benzene rings is 2. The van der Waals surface area contributed by atoms with Gasteiger partial charge < -0.3 is 24.3 Å². The molecule has 25 heavy (non-hydrogen) atoms. The van der Waals surface area contributed by atoms with Crippen LogP contribution in [-0.2, 0) is 9.53 Å². The fraction of sp³-hybridized carbons (Fsp3) is 0.316. The summed E-state index contributed by atoms with van der Waals surface area (Å²) in [5.74, 6) is 1.66. The molecule has 1 amide bonds. The second kappa shape index (κ2) is 10.2. The molecule has 0 heterocycles. The van der Waals surface area contributed by atoms with Gasteiger partial charge in [0, 0.05) is 6.61 Å². The zero-order valence-corrected chi connectivity index (χ0v) is 14.5. The van der Waals surface area contributed by atoms with Crippen LogP contribution in [0.4, 0.5) is 5.69 Å². The maximum absolute atomic E-state index is 12.1. The van der Waals surface area contributed by atoms with E-state index in [4.69, 9.17) is 18.9 Å². The van der Waals surface area contributed by atoms with Gasteiger partial charge in [-0.1, -0.05) is 12.1 Å². The Hall–Kier alpha value is -2.73. The van der Waals surface area contributed by atoms with Crippen molar-refractivity contribution in [3.05, 3.63) is 48.5 Å². The number of amides is 1. The third-order valence-corrected chi connectivity index (χ3v) is 3.28. The highest BCUT2D eigenvalue weighted by molar-refractivity contribution is 5.93. The van der Waals surface area contributed by atoms with E-state index in [2.05, 4.69) is 5.32 Å². The van der Waals surface area contributed by atoms with Crippen molar-refractivity contribution in [3.63, 3.8) is 0 Å². The third kappa shape index (κ3) is 6.35. The van der Waals surface area contributed by atoms with Crippen LogP contribution < -0.4 is 19.5 Å². The summed E-state index contributed by atoms with van der Waals surface area (Å²) < 4.78 is 21.4. The molecule has 1 N–H and O–H groups in total. The van der Waals surface area contributed by atoms with E-state index in [1.165, 1.54) is 0 Å². The second-order valence-corrected chi connectivity index (χ2v) is 5.05.